The fraction of sp³-hybridized carbons (Fsp3) is 0.0714. The van der Waals surface area contributed by atoms with E-state index in [0.717, 1.165) is 33.6 Å². The monoisotopic (exact) mass is 420 g/mol. The number of benzene rings is 3. The number of hydrogen-bond acceptors (Lipinski definition) is 3. The zero-order valence-corrected chi connectivity index (χ0v) is 17.8. The van der Waals surface area contributed by atoms with E-state index in [4.69, 9.17) is 4.42 Å². The predicted molar refractivity (Wildman–Crippen MR) is 125 cm³/mol. The lowest BCUT2D eigenvalue weighted by Gasteiger charge is -2.10. The van der Waals surface area contributed by atoms with Gasteiger partial charge < -0.3 is 4.42 Å². The molecule has 32 heavy (non-hydrogen) atoms. The lowest BCUT2D eigenvalue weighted by atomic mass is 10.0. The van der Waals surface area contributed by atoms with Crippen LogP contribution in [0.25, 0.3) is 45.2 Å². The van der Waals surface area contributed by atoms with Crippen LogP contribution < -0.4 is 0 Å². The van der Waals surface area contributed by atoms with Crippen molar-refractivity contribution in [3.8, 4) is 45.2 Å². The van der Waals surface area contributed by atoms with Gasteiger partial charge in [0.25, 0.3) is 0 Å². The molecule has 0 bridgehead atoms. The number of hydrogen-bond donors (Lipinski definition) is 0. The number of halogens is 1. The van der Waals surface area contributed by atoms with Crippen molar-refractivity contribution < 1.29 is 8.81 Å². The third-order valence-corrected chi connectivity index (χ3v) is 5.47. The minimum absolute atomic E-state index is 0.275. The van der Waals surface area contributed by atoms with E-state index >= 15 is 0 Å². The Morgan fingerprint density at radius 1 is 0.594 bits per heavy atom. The molecule has 0 atom stereocenters. The summed E-state index contributed by atoms with van der Waals surface area (Å²) in [7, 11) is 0. The topological polar surface area (TPSA) is 38.9 Å². The lowest BCUT2D eigenvalue weighted by Crippen LogP contribution is -1.95. The van der Waals surface area contributed by atoms with Crippen LogP contribution >= 0.6 is 0 Å². The molecule has 0 unspecified atom stereocenters. The number of rotatable bonds is 4. The van der Waals surface area contributed by atoms with E-state index in [1.54, 1.807) is 12.1 Å². The van der Waals surface area contributed by atoms with E-state index in [0.29, 0.717) is 11.5 Å². The highest BCUT2D eigenvalue weighted by Crippen LogP contribution is 2.36. The van der Waals surface area contributed by atoms with Gasteiger partial charge in [0.2, 0.25) is 0 Å². The van der Waals surface area contributed by atoms with Gasteiger partial charge in [-0.15, -0.1) is 10.2 Å². The molecule has 0 amide bonds. The van der Waals surface area contributed by atoms with Gasteiger partial charge in [-0.05, 0) is 56.3 Å². The van der Waals surface area contributed by atoms with E-state index in [1.807, 2.05) is 42.5 Å². The average molecular weight is 420 g/mol. The standard InChI is InChI=1S/C28H21FN2O/c1-18-3-7-20(8-4-18)25-17-24(28(31-30-25)22-9-5-19(2)6-10-22)27-16-15-26(32-27)21-11-13-23(29)14-12-21/h3-17H,1-2H3. The average Bonchev–Trinajstić information content (AvgIpc) is 3.30. The summed E-state index contributed by atoms with van der Waals surface area (Å²) in [5, 5.41) is 9.09. The van der Waals surface area contributed by atoms with E-state index in [-0.39, 0.29) is 5.82 Å². The molecule has 2 heterocycles. The zero-order valence-electron chi connectivity index (χ0n) is 17.8. The van der Waals surface area contributed by atoms with Crippen molar-refractivity contribution in [1.29, 1.82) is 0 Å². The summed E-state index contributed by atoms with van der Waals surface area (Å²) in [5.41, 5.74) is 7.52. The van der Waals surface area contributed by atoms with Crippen LogP contribution in [-0.4, -0.2) is 10.2 Å². The Morgan fingerprint density at radius 2 is 1.16 bits per heavy atom. The number of aryl methyl sites for hydroxylation is 2. The summed E-state index contributed by atoms with van der Waals surface area (Å²) < 4.78 is 19.5. The van der Waals surface area contributed by atoms with Crippen LogP contribution in [0.3, 0.4) is 0 Å². The van der Waals surface area contributed by atoms with Crippen molar-refractivity contribution in [2.24, 2.45) is 0 Å². The molecule has 3 aromatic carbocycles. The van der Waals surface area contributed by atoms with Crippen LogP contribution in [0.5, 0.6) is 0 Å². The largest absolute Gasteiger partial charge is 0.456 e. The van der Waals surface area contributed by atoms with Gasteiger partial charge in [-0.3, -0.25) is 0 Å². The Balaban J connectivity index is 1.64. The van der Waals surface area contributed by atoms with Gasteiger partial charge in [0.15, 0.2) is 0 Å². The van der Waals surface area contributed by atoms with Gasteiger partial charge in [-0.2, -0.15) is 0 Å². The highest BCUT2D eigenvalue weighted by molar-refractivity contribution is 5.81. The highest BCUT2D eigenvalue weighted by Gasteiger charge is 2.16. The SMILES string of the molecule is Cc1ccc(-c2cc(-c3ccc(-c4ccc(F)cc4)o3)c(-c3ccc(C)cc3)nn2)cc1. The first-order valence-corrected chi connectivity index (χ1v) is 10.4. The van der Waals surface area contributed by atoms with Gasteiger partial charge in [0, 0.05) is 22.3 Å². The fourth-order valence-electron chi connectivity index (χ4n) is 3.62. The molecule has 156 valence electrons. The van der Waals surface area contributed by atoms with Crippen molar-refractivity contribution in [1.82, 2.24) is 10.2 Å². The Morgan fingerprint density at radius 3 is 1.81 bits per heavy atom. The van der Waals surface area contributed by atoms with Crippen LogP contribution in [0, 0.1) is 19.7 Å². The summed E-state index contributed by atoms with van der Waals surface area (Å²) >= 11 is 0. The predicted octanol–water partition coefficient (Wildman–Crippen LogP) is 7.49. The van der Waals surface area contributed by atoms with Crippen LogP contribution in [0.4, 0.5) is 4.39 Å². The Bertz CT molecular complexity index is 1370. The summed E-state index contributed by atoms with van der Waals surface area (Å²) in [4.78, 5) is 0. The first-order valence-electron chi connectivity index (χ1n) is 10.4. The molecule has 0 saturated carbocycles. The second-order valence-corrected chi connectivity index (χ2v) is 7.89. The Hall–Kier alpha value is -4.05. The minimum atomic E-state index is -0.275. The Labute approximate surface area is 186 Å². The van der Waals surface area contributed by atoms with E-state index in [9.17, 15) is 4.39 Å². The molecule has 0 aliphatic carbocycles. The van der Waals surface area contributed by atoms with Gasteiger partial charge in [0.1, 0.15) is 23.0 Å². The number of furan rings is 1. The molecule has 0 radical (unpaired) electrons. The van der Waals surface area contributed by atoms with Crippen LogP contribution in [0.1, 0.15) is 11.1 Å². The summed E-state index contributed by atoms with van der Waals surface area (Å²) in [5.74, 6) is 1.08. The van der Waals surface area contributed by atoms with Crippen molar-refractivity contribution in [3.63, 3.8) is 0 Å². The summed E-state index contributed by atoms with van der Waals surface area (Å²) in [6.45, 7) is 4.11. The second-order valence-electron chi connectivity index (χ2n) is 7.89. The molecule has 2 aromatic heterocycles. The normalized spacial score (nSPS) is 11.0. The Kier molecular flexibility index (Phi) is 5.12. The second kappa shape index (κ2) is 8.23. The zero-order chi connectivity index (χ0) is 22.1. The molecule has 0 saturated heterocycles. The van der Waals surface area contributed by atoms with Gasteiger partial charge in [-0.1, -0.05) is 59.7 Å². The molecule has 5 aromatic rings. The van der Waals surface area contributed by atoms with Gasteiger partial charge in [-0.25, -0.2) is 4.39 Å². The maximum atomic E-state index is 13.3. The van der Waals surface area contributed by atoms with Crippen molar-refractivity contribution in [2.45, 2.75) is 13.8 Å². The lowest BCUT2D eigenvalue weighted by molar-refractivity contribution is 0.596. The maximum absolute atomic E-state index is 13.3. The number of aromatic nitrogens is 2. The molecule has 0 fully saturated rings. The third-order valence-electron chi connectivity index (χ3n) is 5.47. The van der Waals surface area contributed by atoms with E-state index in [1.165, 1.54) is 23.3 Å². The molecule has 5 rings (SSSR count). The first kappa shape index (κ1) is 19.9. The molecule has 0 spiro atoms. The van der Waals surface area contributed by atoms with Crippen molar-refractivity contribution >= 4 is 0 Å². The smallest absolute Gasteiger partial charge is 0.137 e. The molecule has 0 aliphatic heterocycles. The quantitative estimate of drug-likeness (QED) is 0.302. The molecule has 0 N–H and O–H groups in total. The molecule has 3 nitrogen and oxygen atoms in total. The molecule has 0 aliphatic rings. The van der Waals surface area contributed by atoms with Gasteiger partial charge in [0.05, 0.1) is 5.69 Å². The van der Waals surface area contributed by atoms with Crippen LogP contribution in [0.2, 0.25) is 0 Å². The minimum Gasteiger partial charge on any atom is -0.456 e. The van der Waals surface area contributed by atoms with Crippen LogP contribution in [0.15, 0.2) is 95.4 Å². The van der Waals surface area contributed by atoms with Crippen LogP contribution in [-0.2, 0) is 0 Å². The highest BCUT2D eigenvalue weighted by atomic mass is 19.1. The maximum Gasteiger partial charge on any atom is 0.137 e. The van der Waals surface area contributed by atoms with Gasteiger partial charge >= 0.3 is 0 Å². The third kappa shape index (κ3) is 3.95. The fourth-order valence-corrected chi connectivity index (χ4v) is 3.62. The molecule has 4 heteroatoms. The van der Waals surface area contributed by atoms with E-state index in [2.05, 4.69) is 48.3 Å². The molecular formula is C28H21FN2O. The number of nitrogens with zero attached hydrogens (tertiary/aromatic N) is 2. The first-order chi connectivity index (χ1) is 15.6. The summed E-state index contributed by atoms with van der Waals surface area (Å²) in [6, 6.07) is 28.5. The molecular weight excluding hydrogens is 399 g/mol. The van der Waals surface area contributed by atoms with Crippen molar-refractivity contribution in [3.05, 3.63) is 108 Å². The summed E-state index contributed by atoms with van der Waals surface area (Å²) in [6.07, 6.45) is 0. The van der Waals surface area contributed by atoms with Crippen molar-refractivity contribution in [2.75, 3.05) is 0 Å². The van der Waals surface area contributed by atoms with E-state index < -0.39 is 0 Å².